The number of nitrogens with one attached hydrogen (secondary N) is 1. The van der Waals surface area contributed by atoms with Gasteiger partial charge in [0.2, 0.25) is 0 Å². The molecule has 106 valence electrons. The molecule has 0 aromatic heterocycles. The highest BCUT2D eigenvalue weighted by Gasteiger charge is 2.23. The lowest BCUT2D eigenvalue weighted by molar-refractivity contribution is 0.200. The molecule has 7 heteroatoms. The van der Waals surface area contributed by atoms with Crippen molar-refractivity contribution in [3.05, 3.63) is 22.7 Å². The number of hydrogen-bond acceptors (Lipinski definition) is 4. The Morgan fingerprint density at radius 3 is 2.53 bits per heavy atom. The second kappa shape index (κ2) is 5.66. The van der Waals surface area contributed by atoms with Gasteiger partial charge in [0.05, 0.1) is 5.02 Å². The minimum atomic E-state index is -3.67. The lowest BCUT2D eigenvalue weighted by Crippen LogP contribution is -2.44. The lowest BCUT2D eigenvalue weighted by Gasteiger charge is -2.26. The summed E-state index contributed by atoms with van der Waals surface area (Å²) in [6, 6.07) is 2.98. The van der Waals surface area contributed by atoms with E-state index >= 15 is 0 Å². The highest BCUT2D eigenvalue weighted by atomic mass is 35.5. The first-order chi connectivity index (χ1) is 8.90. The first-order valence-electron chi connectivity index (χ1n) is 6.23. The van der Waals surface area contributed by atoms with Gasteiger partial charge < -0.3 is 5.73 Å². The Morgan fingerprint density at radius 1 is 1.26 bits per heavy atom. The van der Waals surface area contributed by atoms with Crippen molar-refractivity contribution in [1.29, 1.82) is 0 Å². The van der Waals surface area contributed by atoms with Gasteiger partial charge in [0.15, 0.2) is 0 Å². The van der Waals surface area contributed by atoms with Crippen LogP contribution in [0.1, 0.15) is 24.8 Å². The van der Waals surface area contributed by atoms with Gasteiger partial charge in [0, 0.05) is 18.8 Å². The summed E-state index contributed by atoms with van der Waals surface area (Å²) >= 11 is 6.01. The number of hydrazine groups is 1. The fourth-order valence-electron chi connectivity index (χ4n) is 2.08. The van der Waals surface area contributed by atoms with Crippen LogP contribution in [0.15, 0.2) is 17.0 Å². The van der Waals surface area contributed by atoms with Crippen LogP contribution < -0.4 is 10.6 Å². The van der Waals surface area contributed by atoms with Crippen molar-refractivity contribution >= 4 is 27.3 Å². The SMILES string of the molecule is Cc1cc(Cl)c(S(=O)(=O)NN2CCCCC2)cc1N. The summed E-state index contributed by atoms with van der Waals surface area (Å²) in [5.41, 5.74) is 6.94. The van der Waals surface area contributed by atoms with E-state index in [-0.39, 0.29) is 9.92 Å². The number of benzene rings is 1. The summed E-state index contributed by atoms with van der Waals surface area (Å²) in [5.74, 6) is 0. The van der Waals surface area contributed by atoms with Crippen LogP contribution >= 0.6 is 11.6 Å². The monoisotopic (exact) mass is 303 g/mol. The lowest BCUT2D eigenvalue weighted by atomic mass is 10.2. The topological polar surface area (TPSA) is 75.4 Å². The minimum Gasteiger partial charge on any atom is -0.398 e. The van der Waals surface area contributed by atoms with Gasteiger partial charge in [0.1, 0.15) is 4.90 Å². The van der Waals surface area contributed by atoms with Crippen molar-refractivity contribution < 1.29 is 8.42 Å². The van der Waals surface area contributed by atoms with Crippen molar-refractivity contribution in [3.63, 3.8) is 0 Å². The fraction of sp³-hybridized carbons (Fsp3) is 0.500. The summed E-state index contributed by atoms with van der Waals surface area (Å²) in [5, 5.41) is 1.90. The van der Waals surface area contributed by atoms with Gasteiger partial charge in [-0.2, -0.15) is 0 Å². The number of nitrogen functional groups attached to an aromatic ring is 1. The van der Waals surface area contributed by atoms with E-state index in [9.17, 15) is 8.42 Å². The quantitative estimate of drug-likeness (QED) is 0.836. The molecule has 3 N–H and O–H groups in total. The third-order valence-electron chi connectivity index (χ3n) is 3.22. The molecule has 1 aromatic rings. The molecule has 0 aliphatic carbocycles. The molecule has 1 fully saturated rings. The first kappa shape index (κ1) is 14.6. The second-order valence-electron chi connectivity index (χ2n) is 4.78. The predicted octanol–water partition coefficient (Wildman–Crippen LogP) is 1.91. The highest BCUT2D eigenvalue weighted by molar-refractivity contribution is 7.89. The van der Waals surface area contributed by atoms with Gasteiger partial charge >= 0.3 is 0 Å². The first-order valence-corrected chi connectivity index (χ1v) is 8.09. The Morgan fingerprint density at radius 2 is 1.89 bits per heavy atom. The molecule has 0 amide bonds. The van der Waals surface area contributed by atoms with Crippen LogP contribution in [0.2, 0.25) is 5.02 Å². The van der Waals surface area contributed by atoms with Crippen molar-refractivity contribution in [2.24, 2.45) is 0 Å². The molecular weight excluding hydrogens is 286 g/mol. The predicted molar refractivity (Wildman–Crippen MR) is 76.3 cm³/mol. The van der Waals surface area contributed by atoms with E-state index in [0.29, 0.717) is 5.69 Å². The standard InChI is InChI=1S/C12H18ClN3O2S/c1-9-7-10(13)12(8-11(9)14)19(17,18)15-16-5-3-2-4-6-16/h7-8,15H,2-6,14H2,1H3. The molecule has 1 heterocycles. The number of anilines is 1. The number of aryl methyl sites for hydroxylation is 1. The average Bonchev–Trinajstić information content (AvgIpc) is 2.34. The van der Waals surface area contributed by atoms with Gasteiger partial charge in [-0.3, -0.25) is 0 Å². The zero-order chi connectivity index (χ0) is 14.0. The molecule has 19 heavy (non-hydrogen) atoms. The highest BCUT2D eigenvalue weighted by Crippen LogP contribution is 2.27. The third-order valence-corrected chi connectivity index (χ3v) is 5.06. The smallest absolute Gasteiger partial charge is 0.255 e. The van der Waals surface area contributed by atoms with Crippen LogP contribution in [0.25, 0.3) is 0 Å². The molecule has 0 spiro atoms. The van der Waals surface area contributed by atoms with Gasteiger partial charge in [0.25, 0.3) is 10.0 Å². The molecule has 0 unspecified atom stereocenters. The van der Waals surface area contributed by atoms with Crippen LogP contribution in [0.4, 0.5) is 5.69 Å². The van der Waals surface area contributed by atoms with Crippen LogP contribution in [0, 0.1) is 6.92 Å². The summed E-state index contributed by atoms with van der Waals surface area (Å²) in [6.45, 7) is 3.23. The third kappa shape index (κ3) is 3.39. The molecule has 2 rings (SSSR count). The van der Waals surface area contributed by atoms with Crippen molar-refractivity contribution in [2.45, 2.75) is 31.1 Å². The molecule has 1 aliphatic heterocycles. The van der Waals surface area contributed by atoms with Gasteiger partial charge in [-0.15, -0.1) is 4.83 Å². The number of halogens is 1. The fourth-order valence-corrected chi connectivity index (χ4v) is 3.82. The molecule has 5 nitrogen and oxygen atoms in total. The van der Waals surface area contributed by atoms with Gasteiger partial charge in [-0.1, -0.05) is 18.0 Å². The normalized spacial score (nSPS) is 17.6. The molecule has 0 atom stereocenters. The largest absolute Gasteiger partial charge is 0.398 e. The molecule has 1 aromatic carbocycles. The maximum absolute atomic E-state index is 12.3. The maximum Gasteiger partial charge on any atom is 0.255 e. The Balaban J connectivity index is 2.26. The van der Waals surface area contributed by atoms with Crippen molar-refractivity contribution in [3.8, 4) is 0 Å². The summed E-state index contributed by atoms with van der Waals surface area (Å²) < 4.78 is 24.6. The molecule has 1 saturated heterocycles. The number of hydrogen-bond donors (Lipinski definition) is 2. The Bertz CT molecular complexity index is 569. The molecule has 1 aliphatic rings. The summed E-state index contributed by atoms with van der Waals surface area (Å²) in [6.07, 6.45) is 3.12. The average molecular weight is 304 g/mol. The zero-order valence-electron chi connectivity index (χ0n) is 10.8. The van der Waals surface area contributed by atoms with E-state index in [1.165, 1.54) is 6.07 Å². The van der Waals surface area contributed by atoms with E-state index < -0.39 is 10.0 Å². The maximum atomic E-state index is 12.3. The van der Waals surface area contributed by atoms with E-state index in [0.717, 1.165) is 37.9 Å². The number of piperidine rings is 1. The Hall–Kier alpha value is -0.820. The number of nitrogens with zero attached hydrogens (tertiary/aromatic N) is 1. The van der Waals surface area contributed by atoms with Gasteiger partial charge in [-0.05, 0) is 37.5 Å². The summed E-state index contributed by atoms with van der Waals surface area (Å²) in [7, 11) is -3.67. The molecule has 0 radical (unpaired) electrons. The van der Waals surface area contributed by atoms with E-state index in [2.05, 4.69) is 4.83 Å². The van der Waals surface area contributed by atoms with Gasteiger partial charge in [-0.25, -0.2) is 13.4 Å². The summed E-state index contributed by atoms with van der Waals surface area (Å²) in [4.78, 5) is 2.59. The van der Waals surface area contributed by atoms with Crippen LogP contribution in [-0.4, -0.2) is 26.5 Å². The molecule has 0 saturated carbocycles. The molecular formula is C12H18ClN3O2S. The van der Waals surface area contributed by atoms with E-state index in [1.54, 1.807) is 18.0 Å². The number of rotatable bonds is 3. The zero-order valence-corrected chi connectivity index (χ0v) is 12.4. The molecule has 0 bridgehead atoms. The van der Waals surface area contributed by atoms with Crippen LogP contribution in [0.3, 0.4) is 0 Å². The number of nitrogens with two attached hydrogens (primary N) is 1. The Labute approximate surface area is 118 Å². The van der Waals surface area contributed by atoms with E-state index in [4.69, 9.17) is 17.3 Å². The number of sulfonamides is 1. The van der Waals surface area contributed by atoms with Crippen molar-refractivity contribution in [1.82, 2.24) is 9.84 Å². The second-order valence-corrected chi connectivity index (χ2v) is 6.82. The Kier molecular flexibility index (Phi) is 4.35. The van der Waals surface area contributed by atoms with Crippen LogP contribution in [0.5, 0.6) is 0 Å². The van der Waals surface area contributed by atoms with Crippen molar-refractivity contribution in [2.75, 3.05) is 18.8 Å². The van der Waals surface area contributed by atoms with E-state index in [1.807, 2.05) is 0 Å². The van der Waals surface area contributed by atoms with Crippen LogP contribution in [-0.2, 0) is 10.0 Å². The minimum absolute atomic E-state index is 0.0304.